The zero-order valence-electron chi connectivity index (χ0n) is 6.35. The van der Waals surface area contributed by atoms with E-state index in [0.29, 0.717) is 0 Å². The first-order valence-electron chi connectivity index (χ1n) is 3.08. The molecule has 0 aliphatic rings. The average molecular weight is 169 g/mol. The summed E-state index contributed by atoms with van der Waals surface area (Å²) in [6, 6.07) is 1.55. The van der Waals surface area contributed by atoms with E-state index in [2.05, 4.69) is 4.74 Å². The molecular weight excluding hydrogens is 162 g/mol. The number of nitrogens with zero attached hydrogens (tertiary/aromatic N) is 1. The van der Waals surface area contributed by atoms with Gasteiger partial charge >= 0.3 is 11.9 Å². The minimum absolute atomic E-state index is 0.792. The standard InChI is InChI=1S/C7H7NO4/c1-5(9)7(11)12-6(10)3-2-4-8/h2-3,5,9H,1H3. The first kappa shape index (κ1) is 10.3. The molecule has 0 amide bonds. The molecule has 5 nitrogen and oxygen atoms in total. The number of carbonyl (C=O) groups excluding carboxylic acids is 2. The van der Waals surface area contributed by atoms with Gasteiger partial charge in [0, 0.05) is 12.2 Å². The van der Waals surface area contributed by atoms with Crippen molar-refractivity contribution in [2.24, 2.45) is 0 Å². The first-order valence-corrected chi connectivity index (χ1v) is 3.08. The van der Waals surface area contributed by atoms with Crippen molar-refractivity contribution in [1.82, 2.24) is 0 Å². The lowest BCUT2D eigenvalue weighted by Crippen LogP contribution is -2.21. The predicted molar refractivity (Wildman–Crippen MR) is 37.5 cm³/mol. The number of esters is 2. The van der Waals surface area contributed by atoms with Crippen molar-refractivity contribution in [3.63, 3.8) is 0 Å². The molecule has 0 saturated carbocycles. The fourth-order valence-electron chi connectivity index (χ4n) is 0.324. The Morgan fingerprint density at radius 2 is 2.25 bits per heavy atom. The molecule has 0 saturated heterocycles. The normalized spacial score (nSPS) is 12.1. The van der Waals surface area contributed by atoms with E-state index in [0.717, 1.165) is 12.2 Å². The van der Waals surface area contributed by atoms with Crippen LogP contribution in [0.5, 0.6) is 0 Å². The molecule has 0 aromatic rings. The Bertz CT molecular complexity index is 249. The summed E-state index contributed by atoms with van der Waals surface area (Å²) in [5, 5.41) is 16.6. The van der Waals surface area contributed by atoms with Crippen LogP contribution in [0.15, 0.2) is 12.2 Å². The molecule has 0 bridgehead atoms. The lowest BCUT2D eigenvalue weighted by Gasteiger charge is -2.00. The molecule has 1 unspecified atom stereocenters. The van der Waals surface area contributed by atoms with E-state index in [9.17, 15) is 9.59 Å². The predicted octanol–water partition coefficient (Wildman–Crippen LogP) is -0.483. The van der Waals surface area contributed by atoms with E-state index in [1.807, 2.05) is 0 Å². The summed E-state index contributed by atoms with van der Waals surface area (Å²) in [7, 11) is 0. The number of aliphatic hydroxyl groups excluding tert-OH is 1. The molecule has 1 N–H and O–H groups in total. The molecule has 0 aliphatic heterocycles. The SMILES string of the molecule is CC(O)C(=O)OC(=O)C=CC#N. The molecule has 0 aromatic carbocycles. The number of rotatable bonds is 2. The third-order valence-corrected chi connectivity index (χ3v) is 0.836. The summed E-state index contributed by atoms with van der Waals surface area (Å²) in [6.07, 6.45) is 0.322. The average Bonchev–Trinajstić information content (AvgIpc) is 2.00. The zero-order valence-corrected chi connectivity index (χ0v) is 6.35. The molecule has 0 fully saturated rings. The Kier molecular flexibility index (Phi) is 4.34. The van der Waals surface area contributed by atoms with Gasteiger partial charge in [-0.25, -0.2) is 9.59 Å². The van der Waals surface area contributed by atoms with Crippen LogP contribution in [0.3, 0.4) is 0 Å². The van der Waals surface area contributed by atoms with E-state index in [1.54, 1.807) is 6.07 Å². The summed E-state index contributed by atoms with van der Waals surface area (Å²) in [4.78, 5) is 21.0. The summed E-state index contributed by atoms with van der Waals surface area (Å²) in [6.45, 7) is 1.17. The molecule has 12 heavy (non-hydrogen) atoms. The minimum atomic E-state index is -1.34. The van der Waals surface area contributed by atoms with Gasteiger partial charge in [-0.1, -0.05) is 0 Å². The summed E-state index contributed by atoms with van der Waals surface area (Å²) < 4.78 is 4.05. The van der Waals surface area contributed by atoms with Crippen LogP contribution in [0.1, 0.15) is 6.92 Å². The highest BCUT2D eigenvalue weighted by Crippen LogP contribution is 1.88. The first-order chi connectivity index (χ1) is 5.57. The molecule has 0 aromatic heterocycles. The fourth-order valence-corrected chi connectivity index (χ4v) is 0.324. The van der Waals surface area contributed by atoms with E-state index in [-0.39, 0.29) is 0 Å². The van der Waals surface area contributed by atoms with Crippen LogP contribution in [-0.2, 0) is 14.3 Å². The van der Waals surface area contributed by atoms with Crippen LogP contribution in [0.4, 0.5) is 0 Å². The number of allylic oxidation sites excluding steroid dienone is 1. The van der Waals surface area contributed by atoms with Gasteiger partial charge in [-0.2, -0.15) is 5.26 Å². The lowest BCUT2D eigenvalue weighted by atomic mass is 10.4. The van der Waals surface area contributed by atoms with Crippen LogP contribution in [0.2, 0.25) is 0 Å². The third kappa shape index (κ3) is 4.19. The van der Waals surface area contributed by atoms with Crippen molar-refractivity contribution < 1.29 is 19.4 Å². The van der Waals surface area contributed by atoms with Gasteiger partial charge in [-0.3, -0.25) is 0 Å². The van der Waals surface area contributed by atoms with Gasteiger partial charge in [0.1, 0.15) is 6.10 Å². The molecule has 0 heterocycles. The van der Waals surface area contributed by atoms with Gasteiger partial charge in [0.2, 0.25) is 0 Å². The summed E-state index contributed by atoms with van der Waals surface area (Å²) >= 11 is 0. The van der Waals surface area contributed by atoms with E-state index in [4.69, 9.17) is 10.4 Å². The van der Waals surface area contributed by atoms with E-state index >= 15 is 0 Å². The molecule has 64 valence electrons. The van der Waals surface area contributed by atoms with Gasteiger partial charge < -0.3 is 9.84 Å². The smallest absolute Gasteiger partial charge is 0.342 e. The van der Waals surface area contributed by atoms with Crippen molar-refractivity contribution in [3.8, 4) is 6.07 Å². The maximum absolute atomic E-state index is 10.5. The van der Waals surface area contributed by atoms with E-state index in [1.165, 1.54) is 6.92 Å². The van der Waals surface area contributed by atoms with Crippen LogP contribution in [0.25, 0.3) is 0 Å². The van der Waals surface area contributed by atoms with Crippen LogP contribution in [0, 0.1) is 11.3 Å². The Morgan fingerprint density at radius 3 is 2.67 bits per heavy atom. The number of carbonyl (C=O) groups is 2. The molecule has 0 radical (unpaired) electrons. The maximum atomic E-state index is 10.5. The molecule has 0 rings (SSSR count). The summed E-state index contributed by atoms with van der Waals surface area (Å²) in [5.41, 5.74) is 0. The molecule has 0 aliphatic carbocycles. The Hall–Kier alpha value is -1.67. The van der Waals surface area contributed by atoms with Crippen molar-refractivity contribution in [1.29, 1.82) is 5.26 Å². The molecule has 0 spiro atoms. The highest BCUT2D eigenvalue weighted by Gasteiger charge is 2.12. The van der Waals surface area contributed by atoms with Crippen molar-refractivity contribution >= 4 is 11.9 Å². The third-order valence-electron chi connectivity index (χ3n) is 0.836. The molecule has 5 heteroatoms. The van der Waals surface area contributed by atoms with Crippen LogP contribution < -0.4 is 0 Å². The largest absolute Gasteiger partial charge is 0.388 e. The number of nitriles is 1. The highest BCUT2D eigenvalue weighted by atomic mass is 16.6. The lowest BCUT2D eigenvalue weighted by molar-refractivity contribution is -0.162. The van der Waals surface area contributed by atoms with Crippen LogP contribution in [-0.4, -0.2) is 23.1 Å². The van der Waals surface area contributed by atoms with Gasteiger partial charge in [0.25, 0.3) is 0 Å². The topological polar surface area (TPSA) is 87.4 Å². The Morgan fingerprint density at radius 1 is 1.67 bits per heavy atom. The number of hydrogen-bond donors (Lipinski definition) is 1. The van der Waals surface area contributed by atoms with Gasteiger partial charge in [-0.15, -0.1) is 0 Å². The highest BCUT2D eigenvalue weighted by molar-refractivity contribution is 5.93. The zero-order chi connectivity index (χ0) is 9.56. The molecular formula is C7H7NO4. The second-order valence-corrected chi connectivity index (χ2v) is 1.88. The van der Waals surface area contributed by atoms with Crippen molar-refractivity contribution in [3.05, 3.63) is 12.2 Å². The molecule has 1 atom stereocenters. The quantitative estimate of drug-likeness (QED) is 0.261. The Balaban J connectivity index is 3.96. The second-order valence-electron chi connectivity index (χ2n) is 1.88. The van der Waals surface area contributed by atoms with E-state index < -0.39 is 18.0 Å². The number of aliphatic hydroxyl groups is 1. The van der Waals surface area contributed by atoms with Crippen molar-refractivity contribution in [2.45, 2.75) is 13.0 Å². The maximum Gasteiger partial charge on any atom is 0.342 e. The number of hydrogen-bond acceptors (Lipinski definition) is 5. The number of ether oxygens (including phenoxy) is 1. The van der Waals surface area contributed by atoms with Crippen LogP contribution >= 0.6 is 0 Å². The van der Waals surface area contributed by atoms with Gasteiger partial charge in [-0.05, 0) is 6.92 Å². The minimum Gasteiger partial charge on any atom is -0.388 e. The van der Waals surface area contributed by atoms with Gasteiger partial charge in [0.15, 0.2) is 0 Å². The monoisotopic (exact) mass is 169 g/mol. The second kappa shape index (κ2) is 5.04. The Labute approximate surface area is 68.9 Å². The van der Waals surface area contributed by atoms with Crippen molar-refractivity contribution in [2.75, 3.05) is 0 Å². The van der Waals surface area contributed by atoms with Gasteiger partial charge in [0.05, 0.1) is 6.07 Å². The summed E-state index contributed by atoms with van der Waals surface area (Å²) in [5.74, 6) is -2.01. The fraction of sp³-hybridized carbons (Fsp3) is 0.286.